The van der Waals surface area contributed by atoms with Gasteiger partial charge in [-0.2, -0.15) is 0 Å². The van der Waals surface area contributed by atoms with E-state index < -0.39 is 10.0 Å². The Hall–Kier alpha value is -1.67. The summed E-state index contributed by atoms with van der Waals surface area (Å²) in [6.07, 6.45) is 3.16. The van der Waals surface area contributed by atoms with E-state index in [1.165, 1.54) is 32.4 Å². The van der Waals surface area contributed by atoms with Crippen molar-refractivity contribution < 1.29 is 13.2 Å². The summed E-state index contributed by atoms with van der Waals surface area (Å²) in [7, 11) is -0.789. The van der Waals surface area contributed by atoms with E-state index in [4.69, 9.17) is 0 Å². The number of sulfonamides is 1. The third-order valence-corrected chi connectivity index (χ3v) is 5.30. The van der Waals surface area contributed by atoms with Crippen LogP contribution in [0.25, 0.3) is 0 Å². The highest BCUT2D eigenvalue weighted by Crippen LogP contribution is 2.12. The number of likely N-dealkylation sites (tertiary alicyclic amines) is 1. The van der Waals surface area contributed by atoms with Crippen LogP contribution >= 0.6 is 0 Å². The zero-order valence-electron chi connectivity index (χ0n) is 12.2. The van der Waals surface area contributed by atoms with Gasteiger partial charge in [0.1, 0.15) is 6.54 Å². The molecule has 1 saturated heterocycles. The molecule has 1 amide bonds. The van der Waals surface area contributed by atoms with Crippen LogP contribution in [0.1, 0.15) is 12.8 Å². The Kier molecular flexibility index (Phi) is 4.48. The molecule has 0 saturated carbocycles. The summed E-state index contributed by atoms with van der Waals surface area (Å²) >= 11 is 0. The number of pyridine rings is 1. The molecule has 0 radical (unpaired) electrons. The monoisotopic (exact) mass is 313 g/mol. The van der Waals surface area contributed by atoms with Crippen LogP contribution in [0.2, 0.25) is 0 Å². The van der Waals surface area contributed by atoms with Crippen molar-refractivity contribution in [2.75, 3.05) is 27.2 Å². The van der Waals surface area contributed by atoms with Crippen LogP contribution < -0.4 is 5.56 Å². The van der Waals surface area contributed by atoms with Gasteiger partial charge in [-0.25, -0.2) is 12.7 Å². The number of amides is 1. The molecule has 0 atom stereocenters. The van der Waals surface area contributed by atoms with Crippen molar-refractivity contribution in [2.24, 2.45) is 0 Å². The van der Waals surface area contributed by atoms with Gasteiger partial charge in [-0.15, -0.1) is 0 Å². The molecule has 1 aliphatic rings. The van der Waals surface area contributed by atoms with Crippen molar-refractivity contribution in [2.45, 2.75) is 24.3 Å². The van der Waals surface area contributed by atoms with E-state index in [-0.39, 0.29) is 22.9 Å². The van der Waals surface area contributed by atoms with Gasteiger partial charge < -0.3 is 9.47 Å². The Labute approximate surface area is 123 Å². The summed E-state index contributed by atoms with van der Waals surface area (Å²) in [5.41, 5.74) is -0.389. The average molecular weight is 313 g/mol. The maximum Gasteiger partial charge on any atom is 0.251 e. The summed E-state index contributed by atoms with van der Waals surface area (Å²) in [6, 6.07) is 2.43. The molecule has 1 aliphatic heterocycles. The molecule has 0 bridgehead atoms. The predicted octanol–water partition coefficient (Wildman–Crippen LogP) is -0.279. The average Bonchev–Trinajstić information content (AvgIpc) is 2.94. The lowest BCUT2D eigenvalue weighted by Gasteiger charge is -2.17. The first-order valence-corrected chi connectivity index (χ1v) is 8.17. The van der Waals surface area contributed by atoms with Gasteiger partial charge >= 0.3 is 0 Å². The number of carbonyl (C=O) groups excluding carboxylic acids is 1. The minimum atomic E-state index is -3.62. The van der Waals surface area contributed by atoms with Gasteiger partial charge in [-0.05, 0) is 18.9 Å². The molecule has 1 aromatic heterocycles. The second kappa shape index (κ2) is 5.98. The zero-order chi connectivity index (χ0) is 15.6. The van der Waals surface area contributed by atoms with E-state index in [0.717, 1.165) is 21.7 Å². The standard InChI is InChI=1S/C13H19N3O4S/c1-14(2)21(19,20)11-5-6-12(17)16(9-11)10-13(18)15-7-3-4-8-15/h5-6,9H,3-4,7-8,10H2,1-2H3. The molecule has 1 aromatic rings. The molecular weight excluding hydrogens is 294 g/mol. The first kappa shape index (κ1) is 15.7. The molecule has 1 fully saturated rings. The maximum atomic E-state index is 12.1. The topological polar surface area (TPSA) is 79.7 Å². The fraction of sp³-hybridized carbons (Fsp3) is 0.538. The van der Waals surface area contributed by atoms with Crippen LogP contribution in [0.5, 0.6) is 0 Å². The highest BCUT2D eigenvalue weighted by Gasteiger charge is 2.21. The van der Waals surface area contributed by atoms with Gasteiger partial charge in [0.15, 0.2) is 0 Å². The molecule has 0 unspecified atom stereocenters. The minimum Gasteiger partial charge on any atom is -0.341 e. The lowest BCUT2D eigenvalue weighted by atomic mass is 10.4. The van der Waals surface area contributed by atoms with Crippen LogP contribution in [0.3, 0.4) is 0 Å². The zero-order valence-corrected chi connectivity index (χ0v) is 13.0. The number of rotatable bonds is 4. The van der Waals surface area contributed by atoms with Gasteiger partial charge in [-0.1, -0.05) is 0 Å². The quantitative estimate of drug-likeness (QED) is 0.766. The number of nitrogens with zero attached hydrogens (tertiary/aromatic N) is 3. The molecule has 0 spiro atoms. The number of aromatic nitrogens is 1. The van der Waals surface area contributed by atoms with Crippen LogP contribution in [0.4, 0.5) is 0 Å². The van der Waals surface area contributed by atoms with E-state index in [2.05, 4.69) is 0 Å². The smallest absolute Gasteiger partial charge is 0.251 e. The van der Waals surface area contributed by atoms with Crippen molar-refractivity contribution in [1.29, 1.82) is 0 Å². The molecule has 21 heavy (non-hydrogen) atoms. The largest absolute Gasteiger partial charge is 0.341 e. The Morgan fingerprint density at radius 1 is 1.24 bits per heavy atom. The van der Waals surface area contributed by atoms with Gasteiger partial charge in [0.25, 0.3) is 5.56 Å². The van der Waals surface area contributed by atoms with Crippen LogP contribution in [0.15, 0.2) is 28.0 Å². The second-order valence-electron chi connectivity index (χ2n) is 5.21. The van der Waals surface area contributed by atoms with Gasteiger partial charge in [0.2, 0.25) is 15.9 Å². The highest BCUT2D eigenvalue weighted by molar-refractivity contribution is 7.89. The first-order chi connectivity index (χ1) is 9.82. The lowest BCUT2D eigenvalue weighted by Crippen LogP contribution is -2.34. The van der Waals surface area contributed by atoms with E-state index in [1.54, 1.807) is 4.90 Å². The minimum absolute atomic E-state index is 0.00122. The highest BCUT2D eigenvalue weighted by atomic mass is 32.2. The number of carbonyl (C=O) groups is 1. The molecule has 8 heteroatoms. The van der Waals surface area contributed by atoms with Crippen molar-refractivity contribution in [3.05, 3.63) is 28.7 Å². The fourth-order valence-corrected chi connectivity index (χ4v) is 3.13. The maximum absolute atomic E-state index is 12.1. The second-order valence-corrected chi connectivity index (χ2v) is 7.36. The molecule has 2 rings (SSSR count). The Balaban J connectivity index is 2.28. The number of hydrogen-bond donors (Lipinski definition) is 0. The van der Waals surface area contributed by atoms with Gasteiger partial charge in [0, 0.05) is 39.4 Å². The third kappa shape index (κ3) is 3.33. The van der Waals surface area contributed by atoms with Crippen molar-refractivity contribution in [1.82, 2.24) is 13.8 Å². The summed E-state index contributed by atoms with van der Waals surface area (Å²) in [5, 5.41) is 0. The van der Waals surface area contributed by atoms with E-state index in [0.29, 0.717) is 13.1 Å². The summed E-state index contributed by atoms with van der Waals surface area (Å²) in [5.74, 6) is -0.158. The fourth-order valence-electron chi connectivity index (χ4n) is 2.21. The van der Waals surface area contributed by atoms with Crippen LogP contribution in [0, 0.1) is 0 Å². The third-order valence-electron chi connectivity index (χ3n) is 3.50. The molecule has 0 aromatic carbocycles. The molecule has 7 nitrogen and oxygen atoms in total. The lowest BCUT2D eigenvalue weighted by molar-refractivity contribution is -0.130. The Bertz CT molecular complexity index is 688. The Morgan fingerprint density at radius 3 is 2.43 bits per heavy atom. The molecular formula is C13H19N3O4S. The summed E-state index contributed by atoms with van der Waals surface area (Å²) < 4.78 is 26.3. The summed E-state index contributed by atoms with van der Waals surface area (Å²) in [4.78, 5) is 25.6. The number of hydrogen-bond acceptors (Lipinski definition) is 4. The molecule has 2 heterocycles. The SMILES string of the molecule is CN(C)S(=O)(=O)c1ccc(=O)n(CC(=O)N2CCCC2)c1. The first-order valence-electron chi connectivity index (χ1n) is 6.73. The van der Waals surface area contributed by atoms with E-state index in [9.17, 15) is 18.0 Å². The molecule has 116 valence electrons. The van der Waals surface area contributed by atoms with Crippen molar-refractivity contribution in [3.8, 4) is 0 Å². The normalized spacial score (nSPS) is 15.7. The Morgan fingerprint density at radius 2 is 1.86 bits per heavy atom. The van der Waals surface area contributed by atoms with Crippen molar-refractivity contribution >= 4 is 15.9 Å². The van der Waals surface area contributed by atoms with Crippen LogP contribution in [-0.4, -0.2) is 55.3 Å². The molecule has 0 N–H and O–H groups in total. The van der Waals surface area contributed by atoms with E-state index >= 15 is 0 Å². The van der Waals surface area contributed by atoms with Crippen molar-refractivity contribution in [3.63, 3.8) is 0 Å². The van der Waals surface area contributed by atoms with E-state index in [1.807, 2.05) is 0 Å². The summed E-state index contributed by atoms with van der Waals surface area (Å²) in [6.45, 7) is 1.27. The van der Waals surface area contributed by atoms with Crippen LogP contribution in [-0.2, 0) is 21.4 Å². The predicted molar refractivity (Wildman–Crippen MR) is 77.4 cm³/mol. The molecule has 0 aliphatic carbocycles. The van der Waals surface area contributed by atoms with Gasteiger partial charge in [-0.3, -0.25) is 9.59 Å². The van der Waals surface area contributed by atoms with Gasteiger partial charge in [0.05, 0.1) is 4.90 Å².